The minimum Gasteiger partial charge on any atom is -0.349 e. The predicted molar refractivity (Wildman–Crippen MR) is 82.2 cm³/mol. The number of hydrogen-bond acceptors (Lipinski definition) is 2. The second-order valence-electron chi connectivity index (χ2n) is 4.49. The summed E-state index contributed by atoms with van der Waals surface area (Å²) in [5.74, 6) is 0.958. The predicted octanol–water partition coefficient (Wildman–Crippen LogP) is 2.04. The number of alkyl halides is 3. The molecule has 9 heteroatoms. The Morgan fingerprint density at radius 3 is 2.25 bits per heavy atom. The molecule has 0 aliphatic carbocycles. The maximum atomic E-state index is 12.4. The third-order valence-electron chi connectivity index (χ3n) is 2.31. The van der Waals surface area contributed by atoms with Gasteiger partial charge in [0.1, 0.15) is 18.9 Å². The van der Waals surface area contributed by atoms with Crippen LogP contribution in [0.3, 0.4) is 0 Å². The lowest BCUT2D eigenvalue weighted by Gasteiger charge is -2.22. The van der Waals surface area contributed by atoms with E-state index in [1.807, 2.05) is 28.2 Å². The molecule has 0 saturated carbocycles. The van der Waals surface area contributed by atoms with Crippen LogP contribution in [0, 0.1) is 0 Å². The summed E-state index contributed by atoms with van der Waals surface area (Å²) in [7, 11) is 7.28. The van der Waals surface area contributed by atoms with E-state index < -0.39 is 12.7 Å². The first-order chi connectivity index (χ1) is 8.70. The SMILES string of the molecule is CN(C)C(=NCc1nccn1CC(F)(F)F)N(C)C.I. The Kier molecular flexibility index (Phi) is 7.31. The van der Waals surface area contributed by atoms with E-state index in [2.05, 4.69) is 9.98 Å². The molecule has 116 valence electrons. The van der Waals surface area contributed by atoms with Gasteiger partial charge < -0.3 is 14.4 Å². The molecule has 1 rings (SSSR count). The van der Waals surface area contributed by atoms with E-state index in [4.69, 9.17) is 0 Å². The van der Waals surface area contributed by atoms with Gasteiger partial charge in [-0.15, -0.1) is 24.0 Å². The molecule has 0 unspecified atom stereocenters. The van der Waals surface area contributed by atoms with Gasteiger partial charge in [-0.1, -0.05) is 0 Å². The van der Waals surface area contributed by atoms with Crippen molar-refractivity contribution < 1.29 is 13.2 Å². The van der Waals surface area contributed by atoms with Gasteiger partial charge in [0.2, 0.25) is 0 Å². The van der Waals surface area contributed by atoms with Crippen molar-refractivity contribution in [2.75, 3.05) is 28.2 Å². The number of nitrogens with zero attached hydrogens (tertiary/aromatic N) is 5. The van der Waals surface area contributed by atoms with Crippen LogP contribution in [0.2, 0.25) is 0 Å². The molecule has 0 aromatic carbocycles. The lowest BCUT2D eigenvalue weighted by molar-refractivity contribution is -0.141. The number of halogens is 4. The van der Waals surface area contributed by atoms with Crippen LogP contribution in [-0.2, 0) is 13.1 Å². The second kappa shape index (κ2) is 7.70. The van der Waals surface area contributed by atoms with E-state index in [9.17, 15) is 13.2 Å². The summed E-state index contributed by atoms with van der Waals surface area (Å²) in [5, 5.41) is 0. The molecule has 0 saturated heterocycles. The van der Waals surface area contributed by atoms with E-state index in [0.29, 0.717) is 11.8 Å². The van der Waals surface area contributed by atoms with Crippen LogP contribution in [-0.4, -0.2) is 59.7 Å². The fourth-order valence-electron chi connectivity index (χ4n) is 1.65. The highest BCUT2D eigenvalue weighted by molar-refractivity contribution is 14.0. The summed E-state index contributed by atoms with van der Waals surface area (Å²) in [4.78, 5) is 11.8. The van der Waals surface area contributed by atoms with Crippen molar-refractivity contribution in [2.45, 2.75) is 19.3 Å². The van der Waals surface area contributed by atoms with Crippen molar-refractivity contribution in [1.82, 2.24) is 19.4 Å². The molecule has 0 fully saturated rings. The molecule has 1 heterocycles. The molecule has 0 aliphatic heterocycles. The van der Waals surface area contributed by atoms with Crippen LogP contribution in [0.15, 0.2) is 17.4 Å². The van der Waals surface area contributed by atoms with Gasteiger partial charge in [0.25, 0.3) is 0 Å². The van der Waals surface area contributed by atoms with E-state index in [1.54, 1.807) is 9.80 Å². The summed E-state index contributed by atoms with van der Waals surface area (Å²) in [6.07, 6.45) is -1.60. The zero-order chi connectivity index (χ0) is 14.6. The van der Waals surface area contributed by atoms with Crippen LogP contribution in [0.4, 0.5) is 13.2 Å². The summed E-state index contributed by atoms with van der Waals surface area (Å²) >= 11 is 0. The minimum atomic E-state index is -4.26. The fourth-order valence-corrected chi connectivity index (χ4v) is 1.65. The molecule has 20 heavy (non-hydrogen) atoms. The van der Waals surface area contributed by atoms with Gasteiger partial charge in [0.05, 0.1) is 0 Å². The average molecular weight is 405 g/mol. The zero-order valence-corrected chi connectivity index (χ0v) is 14.2. The van der Waals surface area contributed by atoms with E-state index in [-0.39, 0.29) is 30.5 Å². The molecular weight excluding hydrogens is 386 g/mol. The molecule has 0 bridgehead atoms. The molecule has 1 aromatic rings. The summed E-state index contributed by atoms with van der Waals surface area (Å²) < 4.78 is 38.1. The molecule has 0 N–H and O–H groups in total. The van der Waals surface area contributed by atoms with Gasteiger partial charge in [-0.05, 0) is 0 Å². The van der Waals surface area contributed by atoms with E-state index >= 15 is 0 Å². The van der Waals surface area contributed by atoms with Gasteiger partial charge >= 0.3 is 6.18 Å². The Labute approximate surface area is 133 Å². The Hall–Kier alpha value is -1.00. The number of aromatic nitrogens is 2. The molecule has 5 nitrogen and oxygen atoms in total. The molecule has 1 aromatic heterocycles. The smallest absolute Gasteiger partial charge is 0.349 e. The lowest BCUT2D eigenvalue weighted by atomic mass is 10.5. The average Bonchev–Trinajstić information content (AvgIpc) is 2.62. The molecule has 0 spiro atoms. The van der Waals surface area contributed by atoms with Gasteiger partial charge in [-0.2, -0.15) is 13.2 Å². The topological polar surface area (TPSA) is 36.7 Å². The van der Waals surface area contributed by atoms with Gasteiger partial charge in [-0.25, -0.2) is 9.98 Å². The Bertz CT molecular complexity index is 430. The van der Waals surface area contributed by atoms with Crippen molar-refractivity contribution in [2.24, 2.45) is 4.99 Å². The Balaban J connectivity index is 0.00000361. The van der Waals surface area contributed by atoms with Crippen LogP contribution < -0.4 is 0 Å². The van der Waals surface area contributed by atoms with Crippen molar-refractivity contribution in [1.29, 1.82) is 0 Å². The number of rotatable bonds is 3. The maximum absolute atomic E-state index is 12.4. The fraction of sp³-hybridized carbons (Fsp3) is 0.636. The summed E-state index contributed by atoms with van der Waals surface area (Å²) in [5.41, 5.74) is 0. The molecule has 0 amide bonds. The third-order valence-corrected chi connectivity index (χ3v) is 2.31. The van der Waals surface area contributed by atoms with Crippen molar-refractivity contribution in [3.8, 4) is 0 Å². The van der Waals surface area contributed by atoms with E-state index in [0.717, 1.165) is 4.57 Å². The second-order valence-corrected chi connectivity index (χ2v) is 4.49. The highest BCUT2D eigenvalue weighted by Gasteiger charge is 2.28. The largest absolute Gasteiger partial charge is 0.406 e. The van der Waals surface area contributed by atoms with Crippen LogP contribution in [0.25, 0.3) is 0 Å². The van der Waals surface area contributed by atoms with Gasteiger partial charge in [0.15, 0.2) is 5.96 Å². The number of guanidine groups is 1. The number of aliphatic imine (C=N–C) groups is 1. The van der Waals surface area contributed by atoms with Crippen LogP contribution >= 0.6 is 24.0 Å². The first-order valence-electron chi connectivity index (χ1n) is 5.66. The Morgan fingerprint density at radius 2 is 1.80 bits per heavy atom. The minimum absolute atomic E-state index is 0. The quantitative estimate of drug-likeness (QED) is 0.439. The summed E-state index contributed by atoms with van der Waals surface area (Å²) in [6, 6.07) is 0. The van der Waals surface area contributed by atoms with Gasteiger partial charge in [0, 0.05) is 40.6 Å². The molecule has 0 aliphatic rings. The van der Waals surface area contributed by atoms with Gasteiger partial charge in [-0.3, -0.25) is 0 Å². The Morgan fingerprint density at radius 1 is 1.25 bits per heavy atom. The van der Waals surface area contributed by atoms with Crippen molar-refractivity contribution in [3.05, 3.63) is 18.2 Å². The first-order valence-corrected chi connectivity index (χ1v) is 5.66. The van der Waals surface area contributed by atoms with Crippen molar-refractivity contribution >= 4 is 29.9 Å². The van der Waals surface area contributed by atoms with Crippen LogP contribution in [0.1, 0.15) is 5.82 Å². The highest BCUT2D eigenvalue weighted by atomic mass is 127. The first kappa shape index (κ1) is 19.0. The standard InChI is InChI=1S/C11H18F3N5.HI/c1-17(2)10(18(3)4)16-7-9-15-5-6-19(9)8-11(12,13)14;/h5-6H,7-8H2,1-4H3;1H. The molecule has 0 radical (unpaired) electrons. The maximum Gasteiger partial charge on any atom is 0.406 e. The molecule has 0 atom stereocenters. The van der Waals surface area contributed by atoms with Crippen LogP contribution in [0.5, 0.6) is 0 Å². The normalized spacial score (nSPS) is 10.8. The highest BCUT2D eigenvalue weighted by Crippen LogP contribution is 2.18. The monoisotopic (exact) mass is 405 g/mol. The number of imidazole rings is 1. The molecular formula is C11H19F3IN5. The summed E-state index contributed by atoms with van der Waals surface area (Å²) in [6.45, 7) is -0.939. The van der Waals surface area contributed by atoms with E-state index in [1.165, 1.54) is 12.4 Å². The third kappa shape index (κ3) is 5.97. The number of hydrogen-bond donors (Lipinski definition) is 0. The van der Waals surface area contributed by atoms with Crippen molar-refractivity contribution in [3.63, 3.8) is 0 Å². The zero-order valence-electron chi connectivity index (χ0n) is 11.8. The lowest BCUT2D eigenvalue weighted by Crippen LogP contribution is -2.35.